The molecule has 0 aromatic rings. The number of allylic oxidation sites excluding steroid dienone is 4. The summed E-state index contributed by atoms with van der Waals surface area (Å²) in [7, 11) is 0. The number of fused-ring (bicyclic) bond motifs is 5. The van der Waals surface area contributed by atoms with Gasteiger partial charge in [0, 0.05) is 18.3 Å². The zero-order valence-electron chi connectivity index (χ0n) is 20.8. The van der Waals surface area contributed by atoms with E-state index in [0.29, 0.717) is 32.1 Å². The van der Waals surface area contributed by atoms with Crippen molar-refractivity contribution in [3.05, 3.63) is 34.9 Å². The van der Waals surface area contributed by atoms with Crippen LogP contribution in [-0.4, -0.2) is 51.0 Å². The number of cyclic esters (lactones) is 1. The first kappa shape index (κ1) is 24.0. The molecule has 6 nitrogen and oxygen atoms in total. The van der Waals surface area contributed by atoms with Crippen LogP contribution in [0.15, 0.2) is 34.9 Å². The fraction of sp³-hybridized carbons (Fsp3) is 0.714. The molecule has 0 spiro atoms. The quantitative estimate of drug-likeness (QED) is 0.546. The van der Waals surface area contributed by atoms with Gasteiger partial charge in [0.1, 0.15) is 17.5 Å². The first-order valence-corrected chi connectivity index (χ1v) is 12.8. The van der Waals surface area contributed by atoms with Crippen molar-refractivity contribution in [3.8, 4) is 0 Å². The molecule has 0 aromatic heterocycles. The van der Waals surface area contributed by atoms with Crippen LogP contribution in [0.3, 0.4) is 0 Å². The van der Waals surface area contributed by atoms with Crippen molar-refractivity contribution in [2.24, 2.45) is 28.6 Å². The molecule has 1 heterocycles. The van der Waals surface area contributed by atoms with Gasteiger partial charge < -0.3 is 20.1 Å². The normalized spacial score (nSPS) is 45.7. The summed E-state index contributed by atoms with van der Waals surface area (Å²) in [5.41, 5.74) is -1.34. The molecule has 2 fully saturated rings. The average Bonchev–Trinajstić information content (AvgIpc) is 3.06. The molecule has 2 saturated carbocycles. The van der Waals surface area contributed by atoms with E-state index < -0.39 is 34.1 Å². The molecule has 1 aliphatic heterocycles. The van der Waals surface area contributed by atoms with E-state index in [1.54, 1.807) is 13.8 Å². The molecule has 0 bridgehead atoms. The molecule has 34 heavy (non-hydrogen) atoms. The summed E-state index contributed by atoms with van der Waals surface area (Å²) < 4.78 is 5.65. The molecule has 186 valence electrons. The Morgan fingerprint density at radius 2 is 1.91 bits per heavy atom. The Balaban J connectivity index is 1.48. The molecule has 0 amide bonds. The SMILES string of the molecule is CC1=C(CO)C(=O)O[C@@H]([C@](C)(O)[C@H]2CC[C@]3(O)[C@@H]4CC=C5C=CCC(=O)[C@]5(C)[C@@H]4CC[C@]23C)C1. The molecule has 3 N–H and O–H groups in total. The average molecular weight is 471 g/mol. The van der Waals surface area contributed by atoms with Gasteiger partial charge in [0.2, 0.25) is 0 Å². The minimum Gasteiger partial charge on any atom is -0.456 e. The van der Waals surface area contributed by atoms with Crippen LogP contribution in [0.1, 0.15) is 72.6 Å². The van der Waals surface area contributed by atoms with Crippen LogP contribution in [0, 0.1) is 28.6 Å². The number of esters is 1. The van der Waals surface area contributed by atoms with Crippen molar-refractivity contribution >= 4 is 11.8 Å². The Bertz CT molecular complexity index is 1020. The standard InChI is InChI=1S/C28H38O6/c1-16-14-23(34-24(31)18(16)15-29)27(4,32)21-11-13-28(33)20-9-8-17-6-5-7-22(30)26(17,3)19(20)10-12-25(21,28)2/h5-6,8,19-21,23,29,32-33H,7,9-15H2,1-4H3/t19-,20-,21+,23-,25-,26+,27-,28+/m1/s1. The van der Waals surface area contributed by atoms with E-state index in [1.807, 2.05) is 6.08 Å². The number of hydrogen-bond acceptors (Lipinski definition) is 6. The van der Waals surface area contributed by atoms with Gasteiger partial charge in [-0.3, -0.25) is 4.79 Å². The van der Waals surface area contributed by atoms with Crippen LogP contribution in [0.2, 0.25) is 0 Å². The topological polar surface area (TPSA) is 104 Å². The molecule has 4 aliphatic carbocycles. The maximum atomic E-state index is 13.1. The van der Waals surface area contributed by atoms with Crippen molar-refractivity contribution in [1.82, 2.24) is 0 Å². The van der Waals surface area contributed by atoms with Crippen LogP contribution >= 0.6 is 0 Å². The number of carbonyl (C=O) groups is 2. The lowest BCUT2D eigenvalue weighted by atomic mass is 9.45. The minimum absolute atomic E-state index is 0.0484. The van der Waals surface area contributed by atoms with Crippen molar-refractivity contribution in [1.29, 1.82) is 0 Å². The number of ketones is 1. The summed E-state index contributed by atoms with van der Waals surface area (Å²) in [6.07, 6.45) is 9.74. The smallest absolute Gasteiger partial charge is 0.336 e. The second kappa shape index (κ2) is 7.62. The highest BCUT2D eigenvalue weighted by atomic mass is 16.6. The Hall–Kier alpha value is -1.76. The third kappa shape index (κ3) is 2.91. The van der Waals surface area contributed by atoms with E-state index in [9.17, 15) is 24.9 Å². The van der Waals surface area contributed by atoms with Gasteiger partial charge in [-0.15, -0.1) is 0 Å². The van der Waals surface area contributed by atoms with E-state index in [1.165, 1.54) is 0 Å². The van der Waals surface area contributed by atoms with Crippen molar-refractivity contribution in [2.45, 2.75) is 89.9 Å². The molecule has 6 heteroatoms. The van der Waals surface area contributed by atoms with Gasteiger partial charge in [-0.1, -0.05) is 30.7 Å². The Labute approximate surface area is 201 Å². The molecule has 5 rings (SSSR count). The second-order valence-corrected chi connectivity index (χ2v) is 12.1. The Morgan fingerprint density at radius 3 is 2.59 bits per heavy atom. The molecule has 0 radical (unpaired) electrons. The molecule has 0 unspecified atom stereocenters. The highest BCUT2D eigenvalue weighted by molar-refractivity contribution is 5.92. The summed E-state index contributed by atoms with van der Waals surface area (Å²) in [5.74, 6) is -0.558. The van der Waals surface area contributed by atoms with Gasteiger partial charge in [-0.25, -0.2) is 4.79 Å². The van der Waals surface area contributed by atoms with Crippen LogP contribution < -0.4 is 0 Å². The van der Waals surface area contributed by atoms with Gasteiger partial charge in [-0.2, -0.15) is 0 Å². The summed E-state index contributed by atoms with van der Waals surface area (Å²) in [6, 6.07) is 0. The predicted octanol–water partition coefficient (Wildman–Crippen LogP) is 3.40. The van der Waals surface area contributed by atoms with Crippen LogP contribution in [0.5, 0.6) is 0 Å². The number of rotatable bonds is 3. The van der Waals surface area contributed by atoms with Crippen molar-refractivity contribution in [2.75, 3.05) is 6.61 Å². The molecule has 8 atom stereocenters. The zero-order valence-corrected chi connectivity index (χ0v) is 20.8. The predicted molar refractivity (Wildman–Crippen MR) is 126 cm³/mol. The zero-order chi connectivity index (χ0) is 24.7. The highest BCUT2D eigenvalue weighted by Crippen LogP contribution is 2.68. The fourth-order valence-electron chi connectivity index (χ4n) is 8.61. The lowest BCUT2D eigenvalue weighted by molar-refractivity contribution is -0.214. The van der Waals surface area contributed by atoms with Crippen LogP contribution in [0.4, 0.5) is 0 Å². The Kier molecular flexibility index (Phi) is 5.37. The second-order valence-electron chi connectivity index (χ2n) is 12.1. The lowest BCUT2D eigenvalue weighted by Crippen LogP contribution is -2.64. The Morgan fingerprint density at radius 1 is 1.18 bits per heavy atom. The van der Waals surface area contributed by atoms with Crippen molar-refractivity contribution in [3.63, 3.8) is 0 Å². The molecule has 0 saturated heterocycles. The number of aliphatic hydroxyl groups is 3. The first-order chi connectivity index (χ1) is 15.9. The number of aliphatic hydroxyl groups excluding tert-OH is 1. The fourth-order valence-corrected chi connectivity index (χ4v) is 8.61. The summed E-state index contributed by atoms with van der Waals surface area (Å²) >= 11 is 0. The molecule has 0 aromatic carbocycles. The van der Waals surface area contributed by atoms with Gasteiger partial charge in [0.05, 0.1) is 23.2 Å². The van der Waals surface area contributed by atoms with Crippen LogP contribution in [-0.2, 0) is 14.3 Å². The van der Waals surface area contributed by atoms with Gasteiger partial charge in [0.15, 0.2) is 0 Å². The molecular formula is C28H38O6. The van der Waals surface area contributed by atoms with E-state index in [-0.39, 0.29) is 35.7 Å². The monoisotopic (exact) mass is 470 g/mol. The van der Waals surface area contributed by atoms with Gasteiger partial charge in [-0.05, 0) is 76.2 Å². The van der Waals surface area contributed by atoms with Crippen molar-refractivity contribution < 1.29 is 29.6 Å². The number of hydrogen-bond donors (Lipinski definition) is 3. The van der Waals surface area contributed by atoms with E-state index in [4.69, 9.17) is 4.74 Å². The third-order valence-corrected chi connectivity index (χ3v) is 10.8. The van der Waals surface area contributed by atoms with Gasteiger partial charge in [0.25, 0.3) is 0 Å². The first-order valence-electron chi connectivity index (χ1n) is 12.8. The third-order valence-electron chi connectivity index (χ3n) is 10.8. The molecular weight excluding hydrogens is 432 g/mol. The largest absolute Gasteiger partial charge is 0.456 e. The minimum atomic E-state index is -1.33. The summed E-state index contributed by atoms with van der Waals surface area (Å²) in [5, 5.41) is 33.7. The van der Waals surface area contributed by atoms with Crippen LogP contribution in [0.25, 0.3) is 0 Å². The lowest BCUT2D eigenvalue weighted by Gasteiger charge is -2.61. The number of Topliss-reactive ketones (excluding diaryl/α,β-unsaturated/α-hetero) is 1. The highest BCUT2D eigenvalue weighted by Gasteiger charge is 2.70. The van der Waals surface area contributed by atoms with E-state index >= 15 is 0 Å². The van der Waals surface area contributed by atoms with E-state index in [2.05, 4.69) is 26.0 Å². The molecule has 5 aliphatic rings. The maximum Gasteiger partial charge on any atom is 0.336 e. The number of carbonyl (C=O) groups excluding carboxylic acids is 2. The maximum absolute atomic E-state index is 13.1. The summed E-state index contributed by atoms with van der Waals surface area (Å²) in [4.78, 5) is 25.6. The van der Waals surface area contributed by atoms with E-state index in [0.717, 1.165) is 24.0 Å². The summed E-state index contributed by atoms with van der Waals surface area (Å²) in [6.45, 7) is 7.32. The number of ether oxygens (including phenoxy) is 1. The van der Waals surface area contributed by atoms with Gasteiger partial charge >= 0.3 is 5.97 Å².